The molecule has 6 rings (SSSR count). The molecule has 0 radical (unpaired) electrons. The molecule has 0 spiro atoms. The number of likely N-dealkylation sites (tertiary alicyclic amines) is 1. The van der Waals surface area contributed by atoms with Crippen molar-refractivity contribution in [1.82, 2.24) is 4.90 Å². The van der Waals surface area contributed by atoms with Crippen LogP contribution in [0.4, 0.5) is 5.69 Å². The molecule has 7 heteroatoms. The molecule has 0 bridgehead atoms. The van der Waals surface area contributed by atoms with Crippen LogP contribution in [0.3, 0.4) is 0 Å². The number of hydrogen-bond donors (Lipinski definition) is 1. The van der Waals surface area contributed by atoms with E-state index in [1.165, 1.54) is 24.8 Å². The molecule has 1 saturated heterocycles. The summed E-state index contributed by atoms with van der Waals surface area (Å²) < 4.78 is 33.0. The van der Waals surface area contributed by atoms with Gasteiger partial charge in [0, 0.05) is 29.8 Å². The minimum atomic E-state index is -3.57. The maximum Gasteiger partial charge on any atom is 0.256 e. The van der Waals surface area contributed by atoms with Gasteiger partial charge in [-0.05, 0) is 93.1 Å². The summed E-state index contributed by atoms with van der Waals surface area (Å²) in [6.45, 7) is 3.34. The number of sulfone groups is 1. The lowest BCUT2D eigenvalue weighted by molar-refractivity contribution is -0.110. The molecular weight excluding hydrogens is 496 g/mol. The van der Waals surface area contributed by atoms with Crippen LogP contribution in [0.25, 0.3) is 11.6 Å². The molecule has 3 aromatic rings. The highest BCUT2D eigenvalue weighted by Crippen LogP contribution is 2.38. The van der Waals surface area contributed by atoms with Crippen LogP contribution in [-0.4, -0.2) is 38.9 Å². The second kappa shape index (κ2) is 10.5. The van der Waals surface area contributed by atoms with Crippen molar-refractivity contribution in [3.8, 4) is 0 Å². The average molecular weight is 531 g/mol. The van der Waals surface area contributed by atoms with Crippen LogP contribution >= 0.6 is 0 Å². The van der Waals surface area contributed by atoms with Crippen LogP contribution in [0.5, 0.6) is 0 Å². The number of nitrogens with zero attached hydrogens (tertiary/aromatic N) is 1. The Morgan fingerprint density at radius 3 is 2.55 bits per heavy atom. The summed E-state index contributed by atoms with van der Waals surface area (Å²) in [4.78, 5) is 15.9. The lowest BCUT2D eigenvalue weighted by Gasteiger charge is -2.26. The quantitative estimate of drug-likeness (QED) is 0.399. The Hall–Kier alpha value is -3.16. The number of aryl methyl sites for hydroxylation is 1. The Morgan fingerprint density at radius 2 is 1.74 bits per heavy atom. The summed E-state index contributed by atoms with van der Waals surface area (Å²) in [5.41, 5.74) is 5.07. The number of anilines is 1. The Morgan fingerprint density at radius 1 is 0.947 bits per heavy atom. The van der Waals surface area contributed by atoms with E-state index in [0.29, 0.717) is 21.8 Å². The van der Waals surface area contributed by atoms with Gasteiger partial charge in [-0.1, -0.05) is 30.7 Å². The number of carbonyl (C=O) groups excluding carboxylic acids is 1. The van der Waals surface area contributed by atoms with Crippen LogP contribution in [-0.2, 0) is 39.6 Å². The first-order valence-electron chi connectivity index (χ1n) is 13.8. The number of furan rings is 1. The highest BCUT2D eigenvalue weighted by atomic mass is 32.2. The predicted molar refractivity (Wildman–Crippen MR) is 150 cm³/mol. The summed E-state index contributed by atoms with van der Waals surface area (Å²) in [5.74, 6) is 1.03. The average Bonchev–Trinajstić information content (AvgIpc) is 3.44. The number of fused-ring (bicyclic) bond motifs is 2. The maximum absolute atomic E-state index is 13.3. The van der Waals surface area contributed by atoms with Crippen LogP contribution < -0.4 is 5.32 Å². The smallest absolute Gasteiger partial charge is 0.256 e. The first-order valence-corrected chi connectivity index (χ1v) is 15.4. The zero-order chi connectivity index (χ0) is 26.1. The highest BCUT2D eigenvalue weighted by Gasteiger charge is 2.30. The molecule has 1 aliphatic carbocycles. The molecule has 0 saturated carbocycles. The molecule has 38 heavy (non-hydrogen) atoms. The van der Waals surface area contributed by atoms with Gasteiger partial charge >= 0.3 is 0 Å². The molecule has 3 aliphatic rings. The van der Waals surface area contributed by atoms with E-state index in [0.717, 1.165) is 74.3 Å². The third-order valence-corrected chi connectivity index (χ3v) is 9.72. The summed E-state index contributed by atoms with van der Waals surface area (Å²) in [6.07, 6.45) is 10.2. The van der Waals surface area contributed by atoms with E-state index < -0.39 is 9.84 Å². The molecule has 1 N–H and O–H groups in total. The Balaban J connectivity index is 1.33. The van der Waals surface area contributed by atoms with Gasteiger partial charge in [-0.3, -0.25) is 4.79 Å². The van der Waals surface area contributed by atoms with E-state index in [1.807, 2.05) is 12.1 Å². The van der Waals surface area contributed by atoms with E-state index in [1.54, 1.807) is 30.3 Å². The normalized spacial score (nSPS) is 18.8. The third-order valence-electron chi connectivity index (χ3n) is 8.06. The summed E-state index contributed by atoms with van der Waals surface area (Å²) in [7, 11) is -3.57. The topological polar surface area (TPSA) is 79.6 Å². The van der Waals surface area contributed by atoms with Crippen molar-refractivity contribution in [1.29, 1.82) is 0 Å². The Kier molecular flexibility index (Phi) is 6.97. The number of amides is 1. The summed E-state index contributed by atoms with van der Waals surface area (Å²) in [6, 6.07) is 14.7. The van der Waals surface area contributed by atoms with Gasteiger partial charge < -0.3 is 14.6 Å². The van der Waals surface area contributed by atoms with Crippen LogP contribution in [0.1, 0.15) is 65.9 Å². The standard InChI is InChI=1S/C31H34N2O4S/c34-31-26(25-19-22(13-14-28(25)32-31)15-18-33-16-7-2-8-17-33)20-30-27(24-11-5-6-12-29(24)37-30)21-38(35,36)23-9-3-1-4-10-23/h1,3-4,9-10,13-14,19-20H,2,5-8,11-12,15-18,21H2,(H,32,34). The Labute approximate surface area is 224 Å². The summed E-state index contributed by atoms with van der Waals surface area (Å²) in [5, 5.41) is 2.98. The van der Waals surface area contributed by atoms with Crippen molar-refractivity contribution in [3.05, 3.63) is 82.3 Å². The van der Waals surface area contributed by atoms with Gasteiger partial charge in [-0.15, -0.1) is 0 Å². The zero-order valence-electron chi connectivity index (χ0n) is 21.7. The number of rotatable bonds is 7. The lowest BCUT2D eigenvalue weighted by Crippen LogP contribution is -2.31. The highest BCUT2D eigenvalue weighted by molar-refractivity contribution is 7.90. The first-order chi connectivity index (χ1) is 18.5. The van der Waals surface area contributed by atoms with Crippen molar-refractivity contribution >= 4 is 33.1 Å². The van der Waals surface area contributed by atoms with Crippen LogP contribution in [0, 0.1) is 0 Å². The minimum absolute atomic E-state index is 0.140. The van der Waals surface area contributed by atoms with Crippen molar-refractivity contribution in [2.45, 2.75) is 62.0 Å². The van der Waals surface area contributed by atoms with Gasteiger partial charge in [-0.2, -0.15) is 0 Å². The molecular formula is C31H34N2O4S. The fourth-order valence-corrected chi connectivity index (χ4v) is 7.40. The molecule has 198 valence electrons. The fraction of sp³-hybridized carbons (Fsp3) is 0.387. The molecule has 6 nitrogen and oxygen atoms in total. The van der Waals surface area contributed by atoms with Crippen molar-refractivity contribution in [3.63, 3.8) is 0 Å². The van der Waals surface area contributed by atoms with Gasteiger partial charge in [0.15, 0.2) is 9.84 Å². The number of nitrogens with one attached hydrogen (secondary N) is 1. The molecule has 2 aromatic carbocycles. The minimum Gasteiger partial charge on any atom is -0.461 e. The van der Waals surface area contributed by atoms with Gasteiger partial charge in [0.2, 0.25) is 0 Å². The van der Waals surface area contributed by atoms with Crippen LogP contribution in [0.15, 0.2) is 57.8 Å². The molecule has 1 fully saturated rings. The molecule has 0 atom stereocenters. The van der Waals surface area contributed by atoms with Crippen molar-refractivity contribution in [2.75, 3.05) is 25.0 Å². The monoisotopic (exact) mass is 530 g/mol. The van der Waals surface area contributed by atoms with Gasteiger partial charge in [0.1, 0.15) is 11.5 Å². The third kappa shape index (κ3) is 5.09. The van der Waals surface area contributed by atoms with E-state index in [-0.39, 0.29) is 11.7 Å². The Bertz CT molecular complexity index is 1480. The van der Waals surface area contributed by atoms with E-state index in [2.05, 4.69) is 22.3 Å². The molecule has 3 heterocycles. The molecule has 0 unspecified atom stereocenters. The number of carbonyl (C=O) groups is 1. The van der Waals surface area contributed by atoms with Gasteiger partial charge in [-0.25, -0.2) is 8.42 Å². The van der Waals surface area contributed by atoms with Crippen molar-refractivity contribution < 1.29 is 17.6 Å². The number of piperidine rings is 1. The van der Waals surface area contributed by atoms with Gasteiger partial charge in [0.05, 0.1) is 16.2 Å². The molecule has 1 amide bonds. The van der Waals surface area contributed by atoms with E-state index in [4.69, 9.17) is 4.42 Å². The predicted octanol–water partition coefficient (Wildman–Crippen LogP) is 5.65. The number of benzene rings is 2. The fourth-order valence-electron chi connectivity index (χ4n) is 5.96. The second-order valence-electron chi connectivity index (χ2n) is 10.7. The largest absolute Gasteiger partial charge is 0.461 e. The second-order valence-corrected chi connectivity index (χ2v) is 12.7. The van der Waals surface area contributed by atoms with Crippen LogP contribution in [0.2, 0.25) is 0 Å². The lowest BCUT2D eigenvalue weighted by atomic mass is 9.94. The number of hydrogen-bond acceptors (Lipinski definition) is 5. The first kappa shape index (κ1) is 25.1. The molecule has 1 aromatic heterocycles. The summed E-state index contributed by atoms with van der Waals surface area (Å²) >= 11 is 0. The SMILES string of the molecule is O=C1Nc2ccc(CCN3CCCCC3)cc2C1=Cc1oc2c(c1CS(=O)(=O)c1ccccc1)CCCC2. The van der Waals surface area contributed by atoms with Crippen molar-refractivity contribution in [2.24, 2.45) is 0 Å². The zero-order valence-corrected chi connectivity index (χ0v) is 22.5. The van der Waals surface area contributed by atoms with E-state index >= 15 is 0 Å². The van der Waals surface area contributed by atoms with Gasteiger partial charge in [0.25, 0.3) is 5.91 Å². The maximum atomic E-state index is 13.3. The molecule has 2 aliphatic heterocycles. The van der Waals surface area contributed by atoms with E-state index in [9.17, 15) is 13.2 Å².